The number of aryl methyl sites for hydroxylation is 1. The average Bonchev–Trinajstić information content (AvgIpc) is 2.34. The molecule has 19 heavy (non-hydrogen) atoms. The van der Waals surface area contributed by atoms with E-state index in [9.17, 15) is 0 Å². The maximum atomic E-state index is 5.00. The van der Waals surface area contributed by atoms with E-state index in [0.717, 1.165) is 43.5 Å². The summed E-state index contributed by atoms with van der Waals surface area (Å²) in [5.74, 6) is 2.46. The number of rotatable bonds is 9. The van der Waals surface area contributed by atoms with Gasteiger partial charge < -0.3 is 20.3 Å². The monoisotopic (exact) mass is 267 g/mol. The topological polar surface area (TPSA) is 62.3 Å². The van der Waals surface area contributed by atoms with Crippen LogP contribution in [0.2, 0.25) is 0 Å². The Kier molecular flexibility index (Phi) is 7.14. The summed E-state index contributed by atoms with van der Waals surface area (Å²) >= 11 is 0. The Morgan fingerprint density at radius 2 is 1.79 bits per heavy atom. The fraction of sp³-hybridized carbons (Fsp3) is 0.692. The molecule has 0 aliphatic rings. The number of hydrogen-bond acceptors (Lipinski definition) is 6. The third-order valence-electron chi connectivity index (χ3n) is 2.54. The molecule has 0 aliphatic carbocycles. The lowest BCUT2D eigenvalue weighted by atomic mass is 10.4. The van der Waals surface area contributed by atoms with Gasteiger partial charge in [0.25, 0.3) is 0 Å². The summed E-state index contributed by atoms with van der Waals surface area (Å²) in [4.78, 5) is 10.9. The van der Waals surface area contributed by atoms with Crippen LogP contribution >= 0.6 is 0 Å². The predicted octanol–water partition coefficient (Wildman–Crippen LogP) is 1.21. The van der Waals surface area contributed by atoms with E-state index in [-0.39, 0.29) is 0 Å². The van der Waals surface area contributed by atoms with E-state index in [4.69, 9.17) is 4.74 Å². The highest BCUT2D eigenvalue weighted by molar-refractivity contribution is 5.47. The number of aromatic nitrogens is 2. The SMILES string of the molecule is COCCNc1cc(NCCCN(C)C)nc(C)n1. The van der Waals surface area contributed by atoms with Crippen LogP contribution < -0.4 is 10.6 Å². The van der Waals surface area contributed by atoms with E-state index in [0.29, 0.717) is 6.61 Å². The van der Waals surface area contributed by atoms with Crippen LogP contribution in [0, 0.1) is 6.92 Å². The Labute approximate surface area is 115 Å². The molecule has 1 aromatic rings. The third-order valence-corrected chi connectivity index (χ3v) is 2.54. The molecule has 0 fully saturated rings. The van der Waals surface area contributed by atoms with Gasteiger partial charge in [0.05, 0.1) is 6.61 Å². The van der Waals surface area contributed by atoms with Crippen molar-refractivity contribution in [2.45, 2.75) is 13.3 Å². The van der Waals surface area contributed by atoms with Crippen molar-refractivity contribution in [3.8, 4) is 0 Å². The second kappa shape index (κ2) is 8.66. The third kappa shape index (κ3) is 6.93. The standard InChI is InChI=1S/C13H25N5O/c1-11-16-12(14-6-5-8-18(2)3)10-13(17-11)15-7-9-19-4/h10H,5-9H2,1-4H3,(H2,14,15,16,17). The summed E-state index contributed by atoms with van der Waals surface area (Å²) in [7, 11) is 5.84. The smallest absolute Gasteiger partial charge is 0.131 e. The van der Waals surface area contributed by atoms with Crippen LogP contribution in [0.5, 0.6) is 0 Å². The number of methoxy groups -OCH3 is 1. The molecule has 1 aromatic heterocycles. The Balaban J connectivity index is 2.44. The lowest BCUT2D eigenvalue weighted by Crippen LogP contribution is -2.17. The van der Waals surface area contributed by atoms with Crippen LogP contribution in [0.4, 0.5) is 11.6 Å². The van der Waals surface area contributed by atoms with Crippen molar-refractivity contribution in [1.82, 2.24) is 14.9 Å². The molecular formula is C13H25N5O. The first-order valence-corrected chi connectivity index (χ1v) is 6.59. The van der Waals surface area contributed by atoms with E-state index in [1.807, 2.05) is 13.0 Å². The molecule has 6 nitrogen and oxygen atoms in total. The minimum Gasteiger partial charge on any atom is -0.383 e. The van der Waals surface area contributed by atoms with Crippen LogP contribution in [0.3, 0.4) is 0 Å². The first kappa shape index (κ1) is 15.7. The van der Waals surface area contributed by atoms with Gasteiger partial charge in [0.2, 0.25) is 0 Å². The van der Waals surface area contributed by atoms with Crippen molar-refractivity contribution in [2.75, 3.05) is 58.1 Å². The van der Waals surface area contributed by atoms with Crippen molar-refractivity contribution >= 4 is 11.6 Å². The van der Waals surface area contributed by atoms with Crippen LogP contribution in [-0.4, -0.2) is 62.3 Å². The number of ether oxygens (including phenoxy) is 1. The van der Waals surface area contributed by atoms with E-state index in [2.05, 4.69) is 39.6 Å². The molecule has 1 heterocycles. The number of anilines is 2. The normalized spacial score (nSPS) is 10.8. The van der Waals surface area contributed by atoms with Gasteiger partial charge in [0.15, 0.2) is 0 Å². The van der Waals surface area contributed by atoms with E-state index in [1.54, 1.807) is 7.11 Å². The Hall–Kier alpha value is -1.40. The molecule has 6 heteroatoms. The molecule has 0 aliphatic heterocycles. The number of nitrogens with zero attached hydrogens (tertiary/aromatic N) is 3. The molecule has 0 bridgehead atoms. The van der Waals surface area contributed by atoms with Crippen molar-refractivity contribution < 1.29 is 4.74 Å². The largest absolute Gasteiger partial charge is 0.383 e. The van der Waals surface area contributed by atoms with Gasteiger partial charge in [-0.1, -0.05) is 0 Å². The zero-order valence-corrected chi connectivity index (χ0v) is 12.4. The van der Waals surface area contributed by atoms with Gasteiger partial charge in [-0.2, -0.15) is 0 Å². The van der Waals surface area contributed by atoms with Gasteiger partial charge >= 0.3 is 0 Å². The zero-order chi connectivity index (χ0) is 14.1. The fourth-order valence-electron chi connectivity index (χ4n) is 1.64. The highest BCUT2D eigenvalue weighted by Gasteiger charge is 2.01. The summed E-state index contributed by atoms with van der Waals surface area (Å²) in [6.45, 7) is 5.27. The van der Waals surface area contributed by atoms with Crippen molar-refractivity contribution in [3.63, 3.8) is 0 Å². The Morgan fingerprint density at radius 3 is 2.37 bits per heavy atom. The average molecular weight is 267 g/mol. The molecule has 2 N–H and O–H groups in total. The molecule has 0 radical (unpaired) electrons. The van der Waals surface area contributed by atoms with Crippen LogP contribution in [0.15, 0.2) is 6.07 Å². The van der Waals surface area contributed by atoms with E-state index >= 15 is 0 Å². The molecule has 0 atom stereocenters. The molecule has 0 unspecified atom stereocenters. The second-order valence-corrected chi connectivity index (χ2v) is 4.69. The summed E-state index contributed by atoms with van der Waals surface area (Å²) in [6.07, 6.45) is 1.09. The van der Waals surface area contributed by atoms with Gasteiger partial charge in [0.1, 0.15) is 17.5 Å². The van der Waals surface area contributed by atoms with Gasteiger partial charge in [-0.15, -0.1) is 0 Å². The van der Waals surface area contributed by atoms with Crippen LogP contribution in [0.1, 0.15) is 12.2 Å². The molecule has 108 valence electrons. The van der Waals surface area contributed by atoms with Crippen molar-refractivity contribution in [1.29, 1.82) is 0 Å². The maximum Gasteiger partial charge on any atom is 0.131 e. The van der Waals surface area contributed by atoms with Crippen LogP contribution in [0.25, 0.3) is 0 Å². The maximum absolute atomic E-state index is 5.00. The Bertz CT molecular complexity index is 370. The highest BCUT2D eigenvalue weighted by Crippen LogP contribution is 2.10. The van der Waals surface area contributed by atoms with Gasteiger partial charge in [-0.05, 0) is 34.0 Å². The minimum absolute atomic E-state index is 0.661. The van der Waals surface area contributed by atoms with E-state index in [1.165, 1.54) is 0 Å². The summed E-state index contributed by atoms with van der Waals surface area (Å²) < 4.78 is 5.00. The first-order chi connectivity index (χ1) is 9.11. The molecule has 0 spiro atoms. The first-order valence-electron chi connectivity index (χ1n) is 6.59. The van der Waals surface area contributed by atoms with Gasteiger partial charge in [-0.25, -0.2) is 9.97 Å². The molecule has 0 amide bonds. The zero-order valence-electron chi connectivity index (χ0n) is 12.4. The summed E-state index contributed by atoms with van der Waals surface area (Å²) in [5.41, 5.74) is 0. The number of nitrogens with one attached hydrogen (secondary N) is 2. The summed E-state index contributed by atoms with van der Waals surface area (Å²) in [5, 5.41) is 6.53. The molecule has 0 saturated carbocycles. The van der Waals surface area contributed by atoms with Crippen LogP contribution in [-0.2, 0) is 4.74 Å². The van der Waals surface area contributed by atoms with Crippen molar-refractivity contribution in [3.05, 3.63) is 11.9 Å². The van der Waals surface area contributed by atoms with Gasteiger partial charge in [-0.3, -0.25) is 0 Å². The minimum atomic E-state index is 0.661. The van der Waals surface area contributed by atoms with E-state index < -0.39 is 0 Å². The quantitative estimate of drug-likeness (QED) is 0.656. The second-order valence-electron chi connectivity index (χ2n) is 4.69. The molecule has 0 saturated heterocycles. The Morgan fingerprint density at radius 1 is 1.16 bits per heavy atom. The number of hydrogen-bond donors (Lipinski definition) is 2. The molecule has 1 rings (SSSR count). The summed E-state index contributed by atoms with van der Waals surface area (Å²) in [6, 6.07) is 1.93. The lowest BCUT2D eigenvalue weighted by Gasteiger charge is -2.12. The fourth-order valence-corrected chi connectivity index (χ4v) is 1.64. The molecular weight excluding hydrogens is 242 g/mol. The lowest BCUT2D eigenvalue weighted by molar-refractivity contribution is 0.210. The highest BCUT2D eigenvalue weighted by atomic mass is 16.5. The van der Waals surface area contributed by atoms with Crippen molar-refractivity contribution in [2.24, 2.45) is 0 Å². The predicted molar refractivity (Wildman–Crippen MR) is 78.8 cm³/mol. The van der Waals surface area contributed by atoms with Gasteiger partial charge in [0, 0.05) is 26.3 Å². The molecule has 0 aromatic carbocycles.